The Morgan fingerprint density at radius 2 is 2.30 bits per heavy atom. The summed E-state index contributed by atoms with van der Waals surface area (Å²) in [6, 6.07) is 5.59. The van der Waals surface area contributed by atoms with Crippen LogP contribution in [0.25, 0.3) is 11.4 Å². The number of aliphatic hydroxyl groups excluding tert-OH is 1. The van der Waals surface area contributed by atoms with E-state index in [1.165, 1.54) is 16.2 Å². The van der Waals surface area contributed by atoms with E-state index in [2.05, 4.69) is 24.8 Å². The third-order valence-electron chi connectivity index (χ3n) is 2.57. The fourth-order valence-corrected chi connectivity index (χ4v) is 2.19. The number of nitrogens with zero attached hydrogens (tertiary/aromatic N) is 5. The minimum Gasteiger partial charge on any atom is -0.372 e. The Morgan fingerprint density at radius 3 is 3.00 bits per heavy atom. The second-order valence-electron chi connectivity index (χ2n) is 4.10. The molecule has 2 N–H and O–H groups in total. The van der Waals surface area contributed by atoms with E-state index in [1.807, 2.05) is 18.2 Å². The molecule has 0 aliphatic carbocycles. The number of aliphatic hydroxyl groups is 1. The van der Waals surface area contributed by atoms with Gasteiger partial charge in [0, 0.05) is 23.9 Å². The molecule has 0 saturated heterocycles. The van der Waals surface area contributed by atoms with Crippen molar-refractivity contribution in [1.82, 2.24) is 24.1 Å². The van der Waals surface area contributed by atoms with Gasteiger partial charge < -0.3 is 10.4 Å². The molecule has 3 aromatic rings. The molecule has 3 rings (SSSR count). The Balaban J connectivity index is 1.79. The van der Waals surface area contributed by atoms with Crippen LogP contribution in [-0.2, 0) is 0 Å². The van der Waals surface area contributed by atoms with Gasteiger partial charge in [0.1, 0.15) is 12.0 Å². The summed E-state index contributed by atoms with van der Waals surface area (Å²) < 4.78 is 5.71. The van der Waals surface area contributed by atoms with Crippen LogP contribution in [0.3, 0.4) is 0 Å². The van der Waals surface area contributed by atoms with Gasteiger partial charge in [0.2, 0.25) is 5.13 Å². The molecule has 0 radical (unpaired) electrons. The van der Waals surface area contributed by atoms with E-state index >= 15 is 0 Å². The van der Waals surface area contributed by atoms with E-state index in [0.717, 1.165) is 11.4 Å². The predicted molar refractivity (Wildman–Crippen MR) is 75.6 cm³/mol. The van der Waals surface area contributed by atoms with Crippen molar-refractivity contribution in [2.75, 3.05) is 5.32 Å². The summed E-state index contributed by atoms with van der Waals surface area (Å²) in [6.07, 6.45) is 4.36. The van der Waals surface area contributed by atoms with Crippen LogP contribution >= 0.6 is 11.5 Å². The van der Waals surface area contributed by atoms with Crippen molar-refractivity contribution in [2.24, 2.45) is 0 Å². The molecular formula is C12H12N6OS. The highest BCUT2D eigenvalue weighted by atomic mass is 32.1. The van der Waals surface area contributed by atoms with Crippen LogP contribution in [0, 0.1) is 0 Å². The van der Waals surface area contributed by atoms with Gasteiger partial charge in [-0.25, -0.2) is 9.67 Å². The molecule has 0 aromatic carbocycles. The smallest absolute Gasteiger partial charge is 0.208 e. The second-order valence-corrected chi connectivity index (χ2v) is 4.86. The number of aromatic nitrogens is 5. The van der Waals surface area contributed by atoms with Gasteiger partial charge in [-0.3, -0.25) is 0 Å². The van der Waals surface area contributed by atoms with Gasteiger partial charge in [-0.15, -0.1) is 0 Å². The van der Waals surface area contributed by atoms with Crippen LogP contribution in [-0.4, -0.2) is 29.2 Å². The van der Waals surface area contributed by atoms with Crippen molar-refractivity contribution < 1.29 is 5.11 Å². The van der Waals surface area contributed by atoms with Gasteiger partial charge in [0.25, 0.3) is 0 Å². The quantitative estimate of drug-likeness (QED) is 0.764. The molecule has 0 bridgehead atoms. The molecule has 0 fully saturated rings. The van der Waals surface area contributed by atoms with Crippen LogP contribution in [0.1, 0.15) is 13.2 Å². The molecule has 3 heterocycles. The summed E-state index contributed by atoms with van der Waals surface area (Å²) in [6.45, 7) is 1.64. The molecule has 0 amide bonds. The molecular weight excluding hydrogens is 276 g/mol. The summed E-state index contributed by atoms with van der Waals surface area (Å²) in [5.41, 5.74) is 0.760. The van der Waals surface area contributed by atoms with Crippen molar-refractivity contribution in [3.05, 3.63) is 36.8 Å². The van der Waals surface area contributed by atoms with Crippen LogP contribution in [0.15, 0.2) is 36.8 Å². The maximum absolute atomic E-state index is 9.43. The van der Waals surface area contributed by atoms with Crippen molar-refractivity contribution in [2.45, 2.75) is 13.2 Å². The van der Waals surface area contributed by atoms with Crippen LogP contribution in [0.4, 0.5) is 10.9 Å². The standard InChI is InChI=1S/C12H12N6OS/c1-8(19)18-7-9(6-14-18)11-16-12(20-17-11)15-10-4-2-3-5-13-10/h2-8,19H,1H3,(H,13,15,16,17). The average molecular weight is 288 g/mol. The molecule has 7 nitrogen and oxygen atoms in total. The fraction of sp³-hybridized carbons (Fsp3) is 0.167. The SMILES string of the molecule is CC(O)n1cc(-c2nsc(Nc3ccccn3)n2)cn1. The summed E-state index contributed by atoms with van der Waals surface area (Å²) in [5, 5.41) is 17.2. The molecule has 0 spiro atoms. The lowest BCUT2D eigenvalue weighted by Gasteiger charge is -2.01. The first-order valence-corrected chi connectivity index (χ1v) is 6.74. The Kier molecular flexibility index (Phi) is 3.40. The zero-order chi connectivity index (χ0) is 13.9. The molecule has 8 heteroatoms. The maximum Gasteiger partial charge on any atom is 0.208 e. The van der Waals surface area contributed by atoms with E-state index in [0.29, 0.717) is 11.0 Å². The molecule has 1 atom stereocenters. The van der Waals surface area contributed by atoms with E-state index in [9.17, 15) is 5.11 Å². The average Bonchev–Trinajstić information content (AvgIpc) is 3.08. The number of hydrogen-bond acceptors (Lipinski definition) is 7. The number of rotatable bonds is 4. The topological polar surface area (TPSA) is 88.8 Å². The maximum atomic E-state index is 9.43. The highest BCUT2D eigenvalue weighted by Crippen LogP contribution is 2.23. The van der Waals surface area contributed by atoms with Gasteiger partial charge in [-0.1, -0.05) is 6.07 Å². The zero-order valence-electron chi connectivity index (χ0n) is 10.6. The molecule has 1 unspecified atom stereocenters. The largest absolute Gasteiger partial charge is 0.372 e. The molecule has 20 heavy (non-hydrogen) atoms. The first-order valence-electron chi connectivity index (χ1n) is 5.97. The molecule has 0 aliphatic rings. The molecule has 102 valence electrons. The lowest BCUT2D eigenvalue weighted by molar-refractivity contribution is 0.111. The highest BCUT2D eigenvalue weighted by Gasteiger charge is 2.10. The lowest BCUT2D eigenvalue weighted by Crippen LogP contribution is -2.03. The van der Waals surface area contributed by atoms with Crippen molar-refractivity contribution >= 4 is 22.5 Å². The van der Waals surface area contributed by atoms with E-state index in [-0.39, 0.29) is 0 Å². The second kappa shape index (κ2) is 5.35. The van der Waals surface area contributed by atoms with Gasteiger partial charge >= 0.3 is 0 Å². The number of nitrogens with one attached hydrogen (secondary N) is 1. The van der Waals surface area contributed by atoms with Gasteiger partial charge in [0.15, 0.2) is 5.82 Å². The van der Waals surface area contributed by atoms with E-state index in [1.54, 1.807) is 25.5 Å². The van der Waals surface area contributed by atoms with Crippen molar-refractivity contribution in [3.8, 4) is 11.4 Å². The van der Waals surface area contributed by atoms with Crippen LogP contribution < -0.4 is 5.32 Å². The molecule has 0 aliphatic heterocycles. The summed E-state index contributed by atoms with van der Waals surface area (Å²) in [4.78, 5) is 8.53. The summed E-state index contributed by atoms with van der Waals surface area (Å²) in [7, 11) is 0. The Labute approximate surface area is 119 Å². The third-order valence-corrected chi connectivity index (χ3v) is 3.20. The Morgan fingerprint density at radius 1 is 1.40 bits per heavy atom. The predicted octanol–water partition coefficient (Wildman–Crippen LogP) is 2.05. The van der Waals surface area contributed by atoms with E-state index in [4.69, 9.17) is 0 Å². The first kappa shape index (κ1) is 12.7. The summed E-state index contributed by atoms with van der Waals surface area (Å²) >= 11 is 1.25. The minimum absolute atomic E-state index is 0.570. The number of anilines is 2. The molecule has 0 saturated carbocycles. The number of pyridine rings is 1. The third kappa shape index (κ3) is 2.65. The van der Waals surface area contributed by atoms with Crippen molar-refractivity contribution in [1.29, 1.82) is 0 Å². The van der Waals surface area contributed by atoms with Gasteiger partial charge in [-0.2, -0.15) is 14.5 Å². The van der Waals surface area contributed by atoms with Gasteiger partial charge in [-0.05, 0) is 19.1 Å². The lowest BCUT2D eigenvalue weighted by atomic mass is 10.3. The van der Waals surface area contributed by atoms with Crippen molar-refractivity contribution in [3.63, 3.8) is 0 Å². The zero-order valence-corrected chi connectivity index (χ0v) is 11.4. The Hall–Kier alpha value is -2.32. The van der Waals surface area contributed by atoms with Gasteiger partial charge in [0.05, 0.1) is 11.8 Å². The Bertz CT molecular complexity index is 693. The minimum atomic E-state index is -0.673. The van der Waals surface area contributed by atoms with Crippen LogP contribution in [0.5, 0.6) is 0 Å². The monoisotopic (exact) mass is 288 g/mol. The normalized spacial score (nSPS) is 12.3. The molecule has 3 aromatic heterocycles. The number of hydrogen-bond donors (Lipinski definition) is 2. The van der Waals surface area contributed by atoms with E-state index < -0.39 is 6.23 Å². The highest BCUT2D eigenvalue weighted by molar-refractivity contribution is 7.09. The fourth-order valence-electron chi connectivity index (χ4n) is 1.60. The summed E-state index contributed by atoms with van der Waals surface area (Å²) in [5.74, 6) is 1.29. The van der Waals surface area contributed by atoms with Crippen LogP contribution in [0.2, 0.25) is 0 Å². The first-order chi connectivity index (χ1) is 9.72.